The van der Waals surface area contributed by atoms with Gasteiger partial charge in [-0.1, -0.05) is 13.3 Å². The molecule has 0 amide bonds. The Hall–Kier alpha value is -0.0800. The van der Waals surface area contributed by atoms with Gasteiger partial charge in [0.05, 0.1) is 12.2 Å². The first kappa shape index (κ1) is 9.01. The summed E-state index contributed by atoms with van der Waals surface area (Å²) in [6, 6.07) is 0.496. The van der Waals surface area contributed by atoms with Crippen molar-refractivity contribution >= 4 is 0 Å². The maximum atomic E-state index is 5.76. The van der Waals surface area contributed by atoms with E-state index in [1.807, 2.05) is 0 Å². The summed E-state index contributed by atoms with van der Waals surface area (Å²) in [6.45, 7) is 8.47. The molecule has 0 aliphatic carbocycles. The van der Waals surface area contributed by atoms with E-state index in [9.17, 15) is 0 Å². The molecule has 1 rings (SSSR count). The van der Waals surface area contributed by atoms with Crippen molar-refractivity contribution in [2.75, 3.05) is 13.2 Å². The quantitative estimate of drug-likeness (QED) is 0.656. The second-order valence-electron chi connectivity index (χ2n) is 3.59. The monoisotopic (exact) mass is 157 g/mol. The van der Waals surface area contributed by atoms with Crippen molar-refractivity contribution in [3.05, 3.63) is 0 Å². The van der Waals surface area contributed by atoms with Crippen LogP contribution in [0.25, 0.3) is 0 Å². The third-order valence-electron chi connectivity index (χ3n) is 2.65. The van der Waals surface area contributed by atoms with Crippen molar-refractivity contribution in [2.45, 2.75) is 45.3 Å². The third-order valence-corrected chi connectivity index (χ3v) is 2.65. The predicted molar refractivity (Wildman–Crippen MR) is 46.7 cm³/mol. The minimum absolute atomic E-state index is 0.0764. The Kier molecular flexibility index (Phi) is 2.90. The average molecular weight is 157 g/mol. The van der Waals surface area contributed by atoms with Gasteiger partial charge in [-0.05, 0) is 20.3 Å². The van der Waals surface area contributed by atoms with Gasteiger partial charge in [0, 0.05) is 12.6 Å². The number of hydrogen-bond acceptors (Lipinski definition) is 2. The number of rotatable bonds is 2. The van der Waals surface area contributed by atoms with Gasteiger partial charge in [0.1, 0.15) is 0 Å². The van der Waals surface area contributed by atoms with Gasteiger partial charge in [0.25, 0.3) is 0 Å². The Labute approximate surface area is 69.3 Å². The van der Waals surface area contributed by atoms with E-state index in [0.29, 0.717) is 6.04 Å². The molecule has 66 valence electrons. The SMILES string of the molecule is CCCC1(C)OCCNC1C. The number of nitrogens with one attached hydrogen (secondary N) is 1. The minimum atomic E-state index is 0.0764. The molecule has 1 saturated heterocycles. The molecule has 1 N–H and O–H groups in total. The average Bonchev–Trinajstić information content (AvgIpc) is 1.96. The van der Waals surface area contributed by atoms with E-state index in [0.717, 1.165) is 19.6 Å². The van der Waals surface area contributed by atoms with E-state index >= 15 is 0 Å². The standard InChI is InChI=1S/C9H19NO/c1-4-5-9(3)8(2)10-6-7-11-9/h8,10H,4-7H2,1-3H3. The lowest BCUT2D eigenvalue weighted by atomic mass is 9.91. The zero-order valence-electron chi connectivity index (χ0n) is 7.81. The van der Waals surface area contributed by atoms with Gasteiger partial charge >= 0.3 is 0 Å². The van der Waals surface area contributed by atoms with Crippen LogP contribution in [0.2, 0.25) is 0 Å². The predicted octanol–water partition coefficient (Wildman–Crippen LogP) is 1.55. The van der Waals surface area contributed by atoms with E-state index in [1.165, 1.54) is 6.42 Å². The number of morpholine rings is 1. The van der Waals surface area contributed by atoms with Crippen molar-refractivity contribution in [2.24, 2.45) is 0 Å². The Bertz CT molecular complexity index is 123. The molecule has 1 aliphatic heterocycles. The van der Waals surface area contributed by atoms with Crippen LogP contribution in [0.4, 0.5) is 0 Å². The first-order valence-electron chi connectivity index (χ1n) is 4.56. The molecule has 0 aromatic carbocycles. The van der Waals surface area contributed by atoms with Gasteiger partial charge in [-0.15, -0.1) is 0 Å². The van der Waals surface area contributed by atoms with E-state index < -0.39 is 0 Å². The van der Waals surface area contributed by atoms with Gasteiger partial charge in [-0.2, -0.15) is 0 Å². The van der Waals surface area contributed by atoms with Crippen LogP contribution < -0.4 is 5.32 Å². The first-order valence-corrected chi connectivity index (χ1v) is 4.56. The minimum Gasteiger partial charge on any atom is -0.372 e. The van der Waals surface area contributed by atoms with Crippen LogP contribution in [-0.4, -0.2) is 24.8 Å². The fourth-order valence-electron chi connectivity index (χ4n) is 1.69. The Morgan fingerprint density at radius 3 is 2.91 bits per heavy atom. The highest BCUT2D eigenvalue weighted by molar-refractivity contribution is 4.88. The zero-order chi connectivity index (χ0) is 8.32. The molecule has 2 heteroatoms. The molecule has 0 saturated carbocycles. The van der Waals surface area contributed by atoms with Gasteiger partial charge in [0.15, 0.2) is 0 Å². The summed E-state index contributed by atoms with van der Waals surface area (Å²) in [7, 11) is 0. The number of hydrogen-bond donors (Lipinski definition) is 1. The van der Waals surface area contributed by atoms with Gasteiger partial charge in [-0.3, -0.25) is 0 Å². The Morgan fingerprint density at radius 1 is 1.64 bits per heavy atom. The normalized spacial score (nSPS) is 39.0. The Balaban J connectivity index is 2.49. The van der Waals surface area contributed by atoms with Gasteiger partial charge in [0.2, 0.25) is 0 Å². The van der Waals surface area contributed by atoms with E-state index in [-0.39, 0.29) is 5.60 Å². The van der Waals surface area contributed by atoms with Crippen LogP contribution in [0, 0.1) is 0 Å². The number of ether oxygens (including phenoxy) is 1. The molecule has 2 nitrogen and oxygen atoms in total. The fraction of sp³-hybridized carbons (Fsp3) is 1.00. The maximum absolute atomic E-state index is 5.76. The van der Waals surface area contributed by atoms with Crippen molar-refractivity contribution < 1.29 is 4.74 Å². The second-order valence-corrected chi connectivity index (χ2v) is 3.59. The van der Waals surface area contributed by atoms with Crippen LogP contribution in [0.3, 0.4) is 0 Å². The third kappa shape index (κ3) is 1.94. The van der Waals surface area contributed by atoms with Crippen LogP contribution >= 0.6 is 0 Å². The van der Waals surface area contributed by atoms with Crippen molar-refractivity contribution in [1.82, 2.24) is 5.32 Å². The van der Waals surface area contributed by atoms with Gasteiger partial charge < -0.3 is 10.1 Å². The topological polar surface area (TPSA) is 21.3 Å². The molecule has 1 heterocycles. The lowest BCUT2D eigenvalue weighted by Crippen LogP contribution is -2.54. The molecule has 0 radical (unpaired) electrons. The molecule has 0 bridgehead atoms. The summed E-state index contributed by atoms with van der Waals surface area (Å²) in [6.07, 6.45) is 2.35. The van der Waals surface area contributed by atoms with Crippen LogP contribution in [-0.2, 0) is 4.74 Å². The molecule has 2 atom stereocenters. The van der Waals surface area contributed by atoms with E-state index in [4.69, 9.17) is 4.74 Å². The molecular formula is C9H19NO. The first-order chi connectivity index (χ1) is 5.19. The van der Waals surface area contributed by atoms with Crippen LogP contribution in [0.5, 0.6) is 0 Å². The lowest BCUT2D eigenvalue weighted by Gasteiger charge is -2.40. The smallest absolute Gasteiger partial charge is 0.0804 e. The summed E-state index contributed by atoms with van der Waals surface area (Å²) >= 11 is 0. The largest absolute Gasteiger partial charge is 0.372 e. The molecule has 0 aromatic heterocycles. The van der Waals surface area contributed by atoms with Crippen LogP contribution in [0.1, 0.15) is 33.6 Å². The molecule has 11 heavy (non-hydrogen) atoms. The summed E-state index contributed by atoms with van der Waals surface area (Å²) < 4.78 is 5.76. The summed E-state index contributed by atoms with van der Waals surface area (Å²) in [5, 5.41) is 3.43. The summed E-state index contributed by atoms with van der Waals surface area (Å²) in [5.74, 6) is 0. The fourth-order valence-corrected chi connectivity index (χ4v) is 1.69. The van der Waals surface area contributed by atoms with E-state index in [1.54, 1.807) is 0 Å². The molecule has 1 aliphatic rings. The van der Waals surface area contributed by atoms with Crippen LogP contribution in [0.15, 0.2) is 0 Å². The Morgan fingerprint density at radius 2 is 2.36 bits per heavy atom. The molecule has 0 spiro atoms. The molecule has 2 unspecified atom stereocenters. The highest BCUT2D eigenvalue weighted by Crippen LogP contribution is 2.23. The summed E-state index contributed by atoms with van der Waals surface area (Å²) in [4.78, 5) is 0. The van der Waals surface area contributed by atoms with Gasteiger partial charge in [-0.25, -0.2) is 0 Å². The second kappa shape index (κ2) is 3.55. The summed E-state index contributed by atoms with van der Waals surface area (Å²) in [5.41, 5.74) is 0.0764. The van der Waals surface area contributed by atoms with Crippen molar-refractivity contribution in [3.8, 4) is 0 Å². The maximum Gasteiger partial charge on any atom is 0.0804 e. The van der Waals surface area contributed by atoms with Crippen molar-refractivity contribution in [3.63, 3.8) is 0 Å². The molecule has 1 fully saturated rings. The molecule has 0 aromatic rings. The molecular weight excluding hydrogens is 138 g/mol. The van der Waals surface area contributed by atoms with E-state index in [2.05, 4.69) is 26.1 Å². The lowest BCUT2D eigenvalue weighted by molar-refractivity contribution is -0.0847. The zero-order valence-corrected chi connectivity index (χ0v) is 7.81. The van der Waals surface area contributed by atoms with Crippen molar-refractivity contribution in [1.29, 1.82) is 0 Å². The highest BCUT2D eigenvalue weighted by Gasteiger charge is 2.33. The highest BCUT2D eigenvalue weighted by atomic mass is 16.5.